The molecule has 0 unspecified atom stereocenters. The van der Waals surface area contributed by atoms with Crippen molar-refractivity contribution in [2.45, 2.75) is 13.8 Å². The van der Waals surface area contributed by atoms with Crippen molar-refractivity contribution < 1.29 is 14.3 Å². The molecule has 0 aliphatic carbocycles. The summed E-state index contributed by atoms with van der Waals surface area (Å²) >= 11 is 1.38. The van der Waals surface area contributed by atoms with Gasteiger partial charge in [-0.15, -0.1) is 11.3 Å². The summed E-state index contributed by atoms with van der Waals surface area (Å²) in [6.07, 6.45) is 4.83. The molecule has 0 atom stereocenters. The van der Waals surface area contributed by atoms with E-state index in [4.69, 9.17) is 9.47 Å². The van der Waals surface area contributed by atoms with E-state index in [0.29, 0.717) is 29.2 Å². The molecule has 0 saturated carbocycles. The van der Waals surface area contributed by atoms with Crippen LogP contribution < -0.4 is 14.8 Å². The zero-order valence-corrected chi connectivity index (χ0v) is 14.2. The number of carbonyl (C=O) groups excluding carboxylic acids is 1. The molecular weight excluding hydrogens is 312 g/mol. The summed E-state index contributed by atoms with van der Waals surface area (Å²) < 4.78 is 11.0. The first-order valence-corrected chi connectivity index (χ1v) is 8.16. The highest BCUT2D eigenvalue weighted by Crippen LogP contribution is 2.29. The Labute approximate surface area is 140 Å². The van der Waals surface area contributed by atoms with Crippen molar-refractivity contribution >= 4 is 28.5 Å². The molecule has 2 aromatic rings. The predicted molar refractivity (Wildman–Crippen MR) is 93.1 cm³/mol. The first kappa shape index (κ1) is 17.0. The minimum Gasteiger partial charge on any atom is -0.493 e. The molecule has 1 aromatic carbocycles. The molecule has 0 bridgehead atoms. The number of aromatic nitrogens is 1. The lowest BCUT2D eigenvalue weighted by atomic mass is 10.2. The molecule has 1 aromatic heterocycles. The lowest BCUT2D eigenvalue weighted by Crippen LogP contribution is -2.07. The van der Waals surface area contributed by atoms with Crippen LogP contribution in [-0.4, -0.2) is 24.6 Å². The summed E-state index contributed by atoms with van der Waals surface area (Å²) in [7, 11) is 1.60. The van der Waals surface area contributed by atoms with Gasteiger partial charge in [0, 0.05) is 17.7 Å². The topological polar surface area (TPSA) is 60.5 Å². The van der Waals surface area contributed by atoms with Crippen molar-refractivity contribution in [3.8, 4) is 11.5 Å². The Morgan fingerprint density at radius 1 is 1.39 bits per heavy atom. The van der Waals surface area contributed by atoms with Crippen molar-refractivity contribution in [3.05, 3.63) is 41.4 Å². The molecule has 0 aliphatic rings. The monoisotopic (exact) mass is 332 g/mol. The fourth-order valence-electron chi connectivity index (χ4n) is 1.77. The summed E-state index contributed by atoms with van der Waals surface area (Å²) in [5.41, 5.74) is 0.855. The Morgan fingerprint density at radius 3 is 2.87 bits per heavy atom. The van der Waals surface area contributed by atoms with Gasteiger partial charge >= 0.3 is 0 Å². The van der Waals surface area contributed by atoms with Gasteiger partial charge in [-0.1, -0.05) is 19.9 Å². The summed E-state index contributed by atoms with van der Waals surface area (Å²) in [4.78, 5) is 15.8. The van der Waals surface area contributed by atoms with Crippen molar-refractivity contribution in [1.29, 1.82) is 0 Å². The third-order valence-corrected chi connectivity index (χ3v) is 3.54. The molecule has 0 spiro atoms. The SMILES string of the molecule is COc1cc(C=CC(=O)Nc2nccs2)ccc1OCC(C)C. The zero-order chi connectivity index (χ0) is 16.7. The van der Waals surface area contributed by atoms with Crippen LogP contribution in [0.5, 0.6) is 11.5 Å². The van der Waals surface area contributed by atoms with E-state index >= 15 is 0 Å². The molecule has 0 radical (unpaired) electrons. The van der Waals surface area contributed by atoms with Crippen molar-refractivity contribution in [3.63, 3.8) is 0 Å². The van der Waals surface area contributed by atoms with Gasteiger partial charge in [-0.2, -0.15) is 0 Å². The molecule has 0 saturated heterocycles. The van der Waals surface area contributed by atoms with Crippen LogP contribution in [0.4, 0.5) is 5.13 Å². The van der Waals surface area contributed by atoms with Gasteiger partial charge in [0.05, 0.1) is 13.7 Å². The van der Waals surface area contributed by atoms with Crippen LogP contribution >= 0.6 is 11.3 Å². The number of thiazole rings is 1. The number of amides is 1. The summed E-state index contributed by atoms with van der Waals surface area (Å²) in [5.74, 6) is 1.56. The standard InChI is InChI=1S/C17H20N2O3S/c1-12(2)11-22-14-6-4-13(10-15(14)21-3)5-7-16(20)19-17-18-8-9-23-17/h4-10,12H,11H2,1-3H3,(H,18,19,20). The maximum atomic E-state index is 11.8. The lowest BCUT2D eigenvalue weighted by molar-refractivity contribution is -0.111. The maximum Gasteiger partial charge on any atom is 0.250 e. The van der Waals surface area contributed by atoms with Crippen LogP contribution in [0.15, 0.2) is 35.9 Å². The van der Waals surface area contributed by atoms with E-state index < -0.39 is 0 Å². The summed E-state index contributed by atoms with van der Waals surface area (Å²) in [6, 6.07) is 5.56. The quantitative estimate of drug-likeness (QED) is 0.783. The molecule has 1 heterocycles. The van der Waals surface area contributed by atoms with E-state index in [0.717, 1.165) is 5.56 Å². The smallest absolute Gasteiger partial charge is 0.250 e. The van der Waals surface area contributed by atoms with Crippen LogP contribution in [-0.2, 0) is 4.79 Å². The first-order chi connectivity index (χ1) is 11.1. The lowest BCUT2D eigenvalue weighted by Gasteiger charge is -2.12. The van der Waals surface area contributed by atoms with Gasteiger partial charge in [0.25, 0.3) is 0 Å². The van der Waals surface area contributed by atoms with Gasteiger partial charge in [0.1, 0.15) is 0 Å². The zero-order valence-electron chi connectivity index (χ0n) is 13.4. The molecule has 122 valence electrons. The second-order valence-electron chi connectivity index (χ2n) is 5.27. The molecule has 6 heteroatoms. The highest BCUT2D eigenvalue weighted by molar-refractivity contribution is 7.13. The van der Waals surface area contributed by atoms with Gasteiger partial charge in [0.15, 0.2) is 16.6 Å². The molecule has 1 N–H and O–H groups in total. The summed E-state index contributed by atoms with van der Waals surface area (Å²) in [5, 5.41) is 5.07. The third kappa shape index (κ3) is 5.41. The third-order valence-electron chi connectivity index (χ3n) is 2.85. The average Bonchev–Trinajstić information content (AvgIpc) is 3.04. The number of anilines is 1. The number of rotatable bonds is 7. The van der Waals surface area contributed by atoms with Crippen LogP contribution in [0.1, 0.15) is 19.4 Å². The van der Waals surface area contributed by atoms with Crippen LogP contribution in [0, 0.1) is 5.92 Å². The highest BCUT2D eigenvalue weighted by atomic mass is 32.1. The summed E-state index contributed by atoms with van der Waals surface area (Å²) in [6.45, 7) is 4.80. The molecule has 5 nitrogen and oxygen atoms in total. The fraction of sp³-hybridized carbons (Fsp3) is 0.294. The van der Waals surface area contributed by atoms with E-state index in [9.17, 15) is 4.79 Å². The Kier molecular flexibility index (Phi) is 6.17. The molecule has 0 aliphatic heterocycles. The van der Waals surface area contributed by atoms with Crippen LogP contribution in [0.3, 0.4) is 0 Å². The molecule has 23 heavy (non-hydrogen) atoms. The number of hydrogen-bond acceptors (Lipinski definition) is 5. The van der Waals surface area contributed by atoms with Crippen LogP contribution in [0.25, 0.3) is 6.08 Å². The Morgan fingerprint density at radius 2 is 2.22 bits per heavy atom. The van der Waals surface area contributed by atoms with Crippen LogP contribution in [0.2, 0.25) is 0 Å². The maximum absolute atomic E-state index is 11.8. The molecule has 0 fully saturated rings. The number of hydrogen-bond donors (Lipinski definition) is 1. The largest absolute Gasteiger partial charge is 0.493 e. The van der Waals surface area contributed by atoms with E-state index in [1.807, 2.05) is 18.2 Å². The van der Waals surface area contributed by atoms with Gasteiger partial charge in [-0.05, 0) is 29.7 Å². The Hall–Kier alpha value is -2.34. The van der Waals surface area contributed by atoms with Crippen molar-refractivity contribution in [2.75, 3.05) is 19.0 Å². The highest BCUT2D eigenvalue weighted by Gasteiger charge is 2.06. The van der Waals surface area contributed by atoms with Gasteiger partial charge < -0.3 is 9.47 Å². The number of benzene rings is 1. The van der Waals surface area contributed by atoms with E-state index in [-0.39, 0.29) is 5.91 Å². The second-order valence-corrected chi connectivity index (χ2v) is 6.17. The molecule has 1 amide bonds. The van der Waals surface area contributed by atoms with Gasteiger partial charge in [-0.25, -0.2) is 4.98 Å². The minimum atomic E-state index is -0.223. The van der Waals surface area contributed by atoms with Gasteiger partial charge in [0.2, 0.25) is 5.91 Å². The Bertz CT molecular complexity index is 666. The number of nitrogens with zero attached hydrogens (tertiary/aromatic N) is 1. The Balaban J connectivity index is 2.02. The second kappa shape index (κ2) is 8.33. The molecular formula is C17H20N2O3S. The first-order valence-electron chi connectivity index (χ1n) is 7.28. The van der Waals surface area contributed by atoms with E-state index in [1.165, 1.54) is 17.4 Å². The predicted octanol–water partition coefficient (Wildman–Crippen LogP) is 3.84. The number of nitrogens with one attached hydrogen (secondary N) is 1. The number of carbonyl (C=O) groups is 1. The average molecular weight is 332 g/mol. The van der Waals surface area contributed by atoms with E-state index in [1.54, 1.807) is 24.8 Å². The number of methoxy groups -OCH3 is 1. The van der Waals surface area contributed by atoms with Gasteiger partial charge in [-0.3, -0.25) is 10.1 Å². The van der Waals surface area contributed by atoms with E-state index in [2.05, 4.69) is 24.1 Å². The number of ether oxygens (including phenoxy) is 2. The molecule has 2 rings (SSSR count). The fourth-order valence-corrected chi connectivity index (χ4v) is 2.30. The van der Waals surface area contributed by atoms with Crippen molar-refractivity contribution in [1.82, 2.24) is 4.98 Å². The minimum absolute atomic E-state index is 0.223. The normalized spacial score (nSPS) is 11.0. The van der Waals surface area contributed by atoms with Crippen molar-refractivity contribution in [2.24, 2.45) is 5.92 Å².